The lowest BCUT2D eigenvalue weighted by Gasteiger charge is -2.11. The van der Waals surface area contributed by atoms with Gasteiger partial charge in [-0.2, -0.15) is 0 Å². The van der Waals surface area contributed by atoms with Gasteiger partial charge in [0.1, 0.15) is 0 Å². The van der Waals surface area contributed by atoms with E-state index in [-0.39, 0.29) is 17.5 Å². The number of H-pyrrole nitrogens is 1. The summed E-state index contributed by atoms with van der Waals surface area (Å²) < 4.78 is 1.15. The summed E-state index contributed by atoms with van der Waals surface area (Å²) in [6.07, 6.45) is 0. The third-order valence-electron chi connectivity index (χ3n) is 2.50. The topological polar surface area (TPSA) is 54.9 Å². The van der Waals surface area contributed by atoms with Gasteiger partial charge < -0.3 is 4.98 Å². The average molecular weight is 239 g/mol. The number of halogens is 1. The lowest BCUT2D eigenvalue weighted by molar-refractivity contribution is 0.557. The minimum absolute atomic E-state index is 0.224. The van der Waals surface area contributed by atoms with Gasteiger partial charge in [0, 0.05) is 5.88 Å². The van der Waals surface area contributed by atoms with E-state index in [9.17, 15) is 9.59 Å². The highest BCUT2D eigenvalue weighted by molar-refractivity contribution is 6.18. The number of aromatic nitrogens is 2. The maximum atomic E-state index is 12.0. The molecule has 0 aliphatic rings. The zero-order chi connectivity index (χ0) is 11.7. The Morgan fingerprint density at radius 2 is 2.06 bits per heavy atom. The average Bonchev–Trinajstić information content (AvgIpc) is 2.28. The highest BCUT2D eigenvalue weighted by Crippen LogP contribution is 2.06. The molecule has 0 bridgehead atoms. The second-order valence-corrected chi connectivity index (χ2v) is 3.96. The van der Waals surface area contributed by atoms with E-state index in [1.807, 2.05) is 0 Å². The van der Waals surface area contributed by atoms with Crippen molar-refractivity contribution in [2.24, 2.45) is 0 Å². The van der Waals surface area contributed by atoms with Crippen LogP contribution in [0.15, 0.2) is 33.9 Å². The fourth-order valence-corrected chi connectivity index (χ4v) is 1.78. The quantitative estimate of drug-likeness (QED) is 0.806. The summed E-state index contributed by atoms with van der Waals surface area (Å²) in [5.74, 6) is 0.224. The van der Waals surface area contributed by atoms with E-state index in [0.29, 0.717) is 10.9 Å². The summed E-state index contributed by atoms with van der Waals surface area (Å²) in [6.45, 7) is 1.73. The smallest absolute Gasteiger partial charge is 0.307 e. The number of rotatable bonds is 2. The molecule has 1 aromatic heterocycles. The maximum Gasteiger partial charge on any atom is 0.329 e. The fraction of sp³-hybridized carbons (Fsp3) is 0.273. The molecule has 0 unspecified atom stereocenters. The summed E-state index contributed by atoms with van der Waals surface area (Å²) in [5, 5.41) is 0.499. The highest BCUT2D eigenvalue weighted by atomic mass is 35.5. The Hall–Kier alpha value is -1.55. The van der Waals surface area contributed by atoms with Crippen molar-refractivity contribution in [3.05, 3.63) is 45.1 Å². The Morgan fingerprint density at radius 1 is 1.38 bits per heavy atom. The van der Waals surface area contributed by atoms with Crippen LogP contribution in [-0.4, -0.2) is 15.4 Å². The lowest BCUT2D eigenvalue weighted by Crippen LogP contribution is -2.37. The first kappa shape index (κ1) is 11.0. The zero-order valence-electron chi connectivity index (χ0n) is 8.74. The number of benzene rings is 1. The van der Waals surface area contributed by atoms with Crippen molar-refractivity contribution < 1.29 is 0 Å². The van der Waals surface area contributed by atoms with Gasteiger partial charge in [-0.05, 0) is 19.1 Å². The number of nitrogens with zero attached hydrogens (tertiary/aromatic N) is 1. The number of alkyl halides is 1. The Balaban J connectivity index is 2.87. The van der Waals surface area contributed by atoms with Crippen molar-refractivity contribution in [3.8, 4) is 0 Å². The maximum absolute atomic E-state index is 12.0. The molecule has 84 valence electrons. The van der Waals surface area contributed by atoms with Crippen molar-refractivity contribution in [3.63, 3.8) is 0 Å². The number of hydrogen-bond donors (Lipinski definition) is 1. The van der Waals surface area contributed by atoms with Crippen LogP contribution in [0.5, 0.6) is 0 Å². The van der Waals surface area contributed by atoms with Crippen LogP contribution in [0.1, 0.15) is 13.0 Å². The molecule has 0 fully saturated rings. The van der Waals surface area contributed by atoms with Gasteiger partial charge in [0.15, 0.2) is 0 Å². The largest absolute Gasteiger partial charge is 0.329 e. The molecule has 2 aromatic rings. The van der Waals surface area contributed by atoms with E-state index in [2.05, 4.69) is 4.98 Å². The van der Waals surface area contributed by atoms with Crippen LogP contribution in [-0.2, 0) is 0 Å². The summed E-state index contributed by atoms with van der Waals surface area (Å²) in [6, 6.07) is 6.60. The highest BCUT2D eigenvalue weighted by Gasteiger charge is 2.11. The lowest BCUT2D eigenvalue weighted by atomic mass is 10.2. The van der Waals surface area contributed by atoms with Crippen molar-refractivity contribution in [1.82, 2.24) is 9.55 Å². The molecule has 5 heteroatoms. The molecule has 0 saturated heterocycles. The van der Waals surface area contributed by atoms with Gasteiger partial charge in [0.2, 0.25) is 0 Å². The molecule has 16 heavy (non-hydrogen) atoms. The number of aromatic amines is 1. The third-order valence-corrected chi connectivity index (χ3v) is 2.95. The molecule has 4 nitrogen and oxygen atoms in total. The minimum atomic E-state index is -0.420. The fourth-order valence-electron chi connectivity index (χ4n) is 1.65. The zero-order valence-corrected chi connectivity index (χ0v) is 9.49. The van der Waals surface area contributed by atoms with E-state index in [4.69, 9.17) is 11.6 Å². The van der Waals surface area contributed by atoms with Crippen LogP contribution in [0.4, 0.5) is 0 Å². The van der Waals surface area contributed by atoms with Crippen molar-refractivity contribution in [2.75, 3.05) is 5.88 Å². The van der Waals surface area contributed by atoms with Gasteiger partial charge in [-0.3, -0.25) is 9.36 Å². The standard InChI is InChI=1S/C11H11ClN2O2/c1-7(6-12)14-10(15)8-4-2-3-5-9(8)13-11(14)16/h2-5,7H,6H2,1H3,(H,13,16)/t7-/m0/s1. The van der Waals surface area contributed by atoms with Crippen molar-refractivity contribution >= 4 is 22.5 Å². The van der Waals surface area contributed by atoms with Gasteiger partial charge in [-0.25, -0.2) is 4.79 Å². The molecule has 0 amide bonds. The van der Waals surface area contributed by atoms with E-state index < -0.39 is 5.69 Å². The Kier molecular flexibility index (Phi) is 2.83. The van der Waals surface area contributed by atoms with Crippen LogP contribution in [0.3, 0.4) is 0 Å². The Labute approximate surface area is 96.5 Å². The van der Waals surface area contributed by atoms with E-state index in [1.165, 1.54) is 0 Å². The second kappa shape index (κ2) is 4.14. The number of para-hydroxylation sites is 1. The number of nitrogens with one attached hydrogen (secondary N) is 1. The Bertz CT molecular complexity index is 630. The number of hydrogen-bond acceptors (Lipinski definition) is 2. The summed E-state index contributed by atoms with van der Waals surface area (Å²) >= 11 is 5.67. The molecule has 0 spiro atoms. The summed E-state index contributed by atoms with van der Waals surface area (Å²) in [5.41, 5.74) is -0.167. The Morgan fingerprint density at radius 3 is 2.75 bits per heavy atom. The molecule has 0 aliphatic carbocycles. The minimum Gasteiger partial charge on any atom is -0.307 e. The molecule has 2 rings (SSSR count). The molecule has 1 N–H and O–H groups in total. The van der Waals surface area contributed by atoms with Crippen LogP contribution in [0, 0.1) is 0 Å². The van der Waals surface area contributed by atoms with Crippen LogP contribution < -0.4 is 11.2 Å². The van der Waals surface area contributed by atoms with Crippen LogP contribution in [0.2, 0.25) is 0 Å². The van der Waals surface area contributed by atoms with E-state index in [1.54, 1.807) is 31.2 Å². The molecular formula is C11H11ClN2O2. The molecule has 1 aromatic carbocycles. The van der Waals surface area contributed by atoms with Gasteiger partial charge in [0.05, 0.1) is 16.9 Å². The summed E-state index contributed by atoms with van der Waals surface area (Å²) in [4.78, 5) is 26.4. The van der Waals surface area contributed by atoms with Gasteiger partial charge in [0.25, 0.3) is 5.56 Å². The van der Waals surface area contributed by atoms with Crippen LogP contribution >= 0.6 is 11.6 Å². The molecule has 1 heterocycles. The van der Waals surface area contributed by atoms with Crippen molar-refractivity contribution in [1.29, 1.82) is 0 Å². The summed E-state index contributed by atoms with van der Waals surface area (Å²) in [7, 11) is 0. The molecular weight excluding hydrogens is 228 g/mol. The third kappa shape index (κ3) is 1.65. The van der Waals surface area contributed by atoms with Crippen molar-refractivity contribution in [2.45, 2.75) is 13.0 Å². The molecule has 0 aliphatic heterocycles. The number of fused-ring (bicyclic) bond motifs is 1. The van der Waals surface area contributed by atoms with Gasteiger partial charge in [-0.15, -0.1) is 11.6 Å². The first-order valence-corrected chi connectivity index (χ1v) is 5.48. The predicted molar refractivity (Wildman–Crippen MR) is 64.3 cm³/mol. The van der Waals surface area contributed by atoms with Crippen LogP contribution in [0.25, 0.3) is 10.9 Å². The SMILES string of the molecule is C[C@@H](CCl)n1c(=O)[nH]c2ccccc2c1=O. The molecule has 0 saturated carbocycles. The molecule has 1 atom stereocenters. The normalized spacial score (nSPS) is 12.9. The first-order chi connectivity index (χ1) is 7.65. The van der Waals surface area contributed by atoms with E-state index >= 15 is 0 Å². The second-order valence-electron chi connectivity index (χ2n) is 3.65. The monoisotopic (exact) mass is 238 g/mol. The van der Waals surface area contributed by atoms with Gasteiger partial charge in [-0.1, -0.05) is 12.1 Å². The van der Waals surface area contributed by atoms with Gasteiger partial charge >= 0.3 is 5.69 Å². The first-order valence-electron chi connectivity index (χ1n) is 4.94. The predicted octanol–water partition coefficient (Wildman–Crippen LogP) is 1.49. The van der Waals surface area contributed by atoms with E-state index in [0.717, 1.165) is 4.57 Å². The molecule has 0 radical (unpaired) electrons.